The molecule has 1 aliphatic rings. The molecule has 1 aliphatic heterocycles. The van der Waals surface area contributed by atoms with Crippen LogP contribution in [-0.4, -0.2) is 17.4 Å². The van der Waals surface area contributed by atoms with Gasteiger partial charge in [-0.1, -0.05) is 30.3 Å². The molecule has 0 N–H and O–H groups in total. The second-order valence-electron chi connectivity index (χ2n) is 4.41. The zero-order valence-electron chi connectivity index (χ0n) is 9.95. The van der Waals surface area contributed by atoms with Gasteiger partial charge in [0.1, 0.15) is 6.26 Å². The fourth-order valence-corrected chi connectivity index (χ4v) is 2.41. The Morgan fingerprint density at radius 1 is 1.28 bits per heavy atom. The van der Waals surface area contributed by atoms with Gasteiger partial charge < -0.3 is 4.42 Å². The van der Waals surface area contributed by atoms with Crippen molar-refractivity contribution in [2.75, 3.05) is 11.4 Å². The van der Waals surface area contributed by atoms with Crippen LogP contribution >= 0.6 is 0 Å². The molecule has 1 aromatic carbocycles. The van der Waals surface area contributed by atoms with Crippen LogP contribution in [0.25, 0.3) is 0 Å². The van der Waals surface area contributed by atoms with Crippen LogP contribution in [0.2, 0.25) is 0 Å². The van der Waals surface area contributed by atoms with Crippen molar-refractivity contribution in [2.24, 2.45) is 0 Å². The first-order chi connectivity index (χ1) is 8.86. The van der Waals surface area contributed by atoms with Crippen LogP contribution in [0.1, 0.15) is 24.3 Å². The largest absolute Gasteiger partial charge is 0.432 e. The topological polar surface area (TPSA) is 46.3 Å². The molecule has 1 unspecified atom stereocenters. The number of amides is 1. The summed E-state index contributed by atoms with van der Waals surface area (Å²) in [5, 5.41) is 0. The van der Waals surface area contributed by atoms with Crippen molar-refractivity contribution in [1.29, 1.82) is 0 Å². The Morgan fingerprint density at radius 2 is 2.11 bits per heavy atom. The molecule has 2 aromatic rings. The molecule has 0 aliphatic carbocycles. The average Bonchev–Trinajstić information content (AvgIpc) is 2.94. The van der Waals surface area contributed by atoms with E-state index in [1.807, 2.05) is 30.3 Å². The monoisotopic (exact) mass is 242 g/mol. The van der Waals surface area contributed by atoms with E-state index in [9.17, 15) is 4.79 Å². The Balaban J connectivity index is 1.88. The lowest BCUT2D eigenvalue weighted by Gasteiger charge is -2.29. The zero-order valence-corrected chi connectivity index (χ0v) is 9.95. The summed E-state index contributed by atoms with van der Waals surface area (Å²) in [5.41, 5.74) is 1.07. The predicted octanol–water partition coefficient (Wildman–Crippen LogP) is 2.59. The highest BCUT2D eigenvalue weighted by Crippen LogP contribution is 2.30. The van der Waals surface area contributed by atoms with Gasteiger partial charge in [-0.3, -0.25) is 9.69 Å². The number of carbonyl (C=O) groups is 1. The molecular weight excluding hydrogens is 228 g/mol. The van der Waals surface area contributed by atoms with Crippen LogP contribution in [0.4, 0.5) is 6.01 Å². The highest BCUT2D eigenvalue weighted by molar-refractivity contribution is 5.97. The second-order valence-corrected chi connectivity index (χ2v) is 4.41. The van der Waals surface area contributed by atoms with Gasteiger partial charge in [-0.05, 0) is 18.4 Å². The summed E-state index contributed by atoms with van der Waals surface area (Å²) in [5.74, 6) is 0.00162. The van der Waals surface area contributed by atoms with E-state index in [-0.39, 0.29) is 11.8 Å². The van der Waals surface area contributed by atoms with Gasteiger partial charge in [-0.25, -0.2) is 4.98 Å². The molecule has 1 amide bonds. The first-order valence-electron chi connectivity index (χ1n) is 6.12. The maximum absolute atomic E-state index is 12.5. The van der Waals surface area contributed by atoms with Gasteiger partial charge in [-0.2, -0.15) is 0 Å². The van der Waals surface area contributed by atoms with E-state index in [1.165, 1.54) is 6.26 Å². The number of benzene rings is 1. The summed E-state index contributed by atoms with van der Waals surface area (Å²) in [6.07, 6.45) is 4.91. The van der Waals surface area contributed by atoms with Crippen LogP contribution in [-0.2, 0) is 4.79 Å². The lowest BCUT2D eigenvalue weighted by atomic mass is 9.90. The van der Waals surface area contributed by atoms with Crippen molar-refractivity contribution < 1.29 is 9.21 Å². The van der Waals surface area contributed by atoms with Crippen LogP contribution in [0.15, 0.2) is 47.2 Å². The maximum atomic E-state index is 12.5. The third-order valence-corrected chi connectivity index (χ3v) is 3.29. The number of nitrogens with zero attached hydrogens (tertiary/aromatic N) is 2. The molecule has 18 heavy (non-hydrogen) atoms. The van der Waals surface area contributed by atoms with Crippen molar-refractivity contribution >= 4 is 11.9 Å². The smallest absolute Gasteiger partial charge is 0.304 e. The third-order valence-electron chi connectivity index (χ3n) is 3.29. The Hall–Kier alpha value is -2.10. The molecule has 2 heterocycles. The van der Waals surface area contributed by atoms with E-state index in [2.05, 4.69) is 4.98 Å². The number of aromatic nitrogens is 1. The lowest BCUT2D eigenvalue weighted by Crippen LogP contribution is -2.40. The van der Waals surface area contributed by atoms with Gasteiger partial charge in [0.2, 0.25) is 5.91 Å². The fraction of sp³-hybridized carbons (Fsp3) is 0.286. The number of carbonyl (C=O) groups excluding carboxylic acids is 1. The Bertz CT molecular complexity index is 522. The molecule has 3 rings (SSSR count). The minimum atomic E-state index is -0.0770. The molecule has 1 atom stereocenters. The number of oxazole rings is 1. The number of anilines is 1. The van der Waals surface area contributed by atoms with E-state index in [4.69, 9.17) is 4.42 Å². The number of hydrogen-bond donors (Lipinski definition) is 0. The summed E-state index contributed by atoms with van der Waals surface area (Å²) in [6, 6.07) is 10.3. The van der Waals surface area contributed by atoms with Crippen LogP contribution in [0, 0.1) is 0 Å². The van der Waals surface area contributed by atoms with E-state index < -0.39 is 0 Å². The van der Waals surface area contributed by atoms with Crippen molar-refractivity contribution in [1.82, 2.24) is 4.98 Å². The van der Waals surface area contributed by atoms with Crippen LogP contribution < -0.4 is 4.90 Å². The highest BCUT2D eigenvalue weighted by atomic mass is 16.4. The molecule has 0 radical (unpaired) electrons. The normalized spacial score (nSPS) is 20.1. The zero-order chi connectivity index (χ0) is 12.4. The van der Waals surface area contributed by atoms with Gasteiger partial charge >= 0.3 is 6.01 Å². The Labute approximate surface area is 105 Å². The van der Waals surface area contributed by atoms with Crippen molar-refractivity contribution in [3.8, 4) is 0 Å². The Kier molecular flexibility index (Phi) is 2.84. The quantitative estimate of drug-likeness (QED) is 0.813. The van der Waals surface area contributed by atoms with Gasteiger partial charge in [0.15, 0.2) is 0 Å². The number of hydrogen-bond acceptors (Lipinski definition) is 3. The van der Waals surface area contributed by atoms with Crippen molar-refractivity contribution in [3.05, 3.63) is 48.4 Å². The maximum Gasteiger partial charge on any atom is 0.304 e. The SMILES string of the molecule is O=C1C(c2ccccc2)CCCN1c1ncco1. The molecule has 0 bridgehead atoms. The molecule has 0 spiro atoms. The number of piperidine rings is 1. The van der Waals surface area contributed by atoms with Gasteiger partial charge in [0.05, 0.1) is 12.1 Å². The third kappa shape index (κ3) is 1.90. The first-order valence-corrected chi connectivity index (χ1v) is 6.12. The van der Waals surface area contributed by atoms with Gasteiger partial charge in [0.25, 0.3) is 0 Å². The molecule has 1 aromatic heterocycles. The van der Waals surface area contributed by atoms with Crippen LogP contribution in [0.3, 0.4) is 0 Å². The van der Waals surface area contributed by atoms with Gasteiger partial charge in [-0.15, -0.1) is 0 Å². The average molecular weight is 242 g/mol. The minimum absolute atomic E-state index is 0.0770. The molecule has 0 saturated carbocycles. The first kappa shape index (κ1) is 11.0. The standard InChI is InChI=1S/C14H14N2O2/c17-13-12(11-5-2-1-3-6-11)7-4-9-16(13)14-15-8-10-18-14/h1-3,5-6,8,10,12H,4,7,9H2. The molecule has 1 saturated heterocycles. The molecule has 92 valence electrons. The molecule has 4 nitrogen and oxygen atoms in total. The van der Waals surface area contributed by atoms with Crippen molar-refractivity contribution in [2.45, 2.75) is 18.8 Å². The summed E-state index contributed by atoms with van der Waals surface area (Å²) in [4.78, 5) is 18.1. The summed E-state index contributed by atoms with van der Waals surface area (Å²) in [6.45, 7) is 0.683. The number of rotatable bonds is 2. The molecular formula is C14H14N2O2. The Morgan fingerprint density at radius 3 is 2.83 bits per heavy atom. The predicted molar refractivity (Wildman–Crippen MR) is 67.3 cm³/mol. The highest BCUT2D eigenvalue weighted by Gasteiger charge is 2.32. The molecule has 4 heteroatoms. The van der Waals surface area contributed by atoms with Gasteiger partial charge in [0, 0.05) is 6.54 Å². The minimum Gasteiger partial charge on any atom is -0.432 e. The van der Waals surface area contributed by atoms with E-state index in [1.54, 1.807) is 11.1 Å². The van der Waals surface area contributed by atoms with Crippen LogP contribution in [0.5, 0.6) is 0 Å². The fourth-order valence-electron chi connectivity index (χ4n) is 2.41. The van der Waals surface area contributed by atoms with E-state index in [0.29, 0.717) is 12.6 Å². The van der Waals surface area contributed by atoms with Crippen molar-refractivity contribution in [3.63, 3.8) is 0 Å². The molecule has 1 fully saturated rings. The summed E-state index contributed by atoms with van der Waals surface area (Å²) < 4.78 is 5.22. The lowest BCUT2D eigenvalue weighted by molar-refractivity contribution is -0.121. The summed E-state index contributed by atoms with van der Waals surface area (Å²) >= 11 is 0. The van der Waals surface area contributed by atoms with E-state index >= 15 is 0 Å². The summed E-state index contributed by atoms with van der Waals surface area (Å²) in [7, 11) is 0. The van der Waals surface area contributed by atoms with E-state index in [0.717, 1.165) is 18.4 Å². The second kappa shape index (κ2) is 4.64.